The van der Waals surface area contributed by atoms with Gasteiger partial charge in [0.15, 0.2) is 0 Å². The minimum Gasteiger partial charge on any atom is -0.379 e. The Labute approximate surface area is 96.9 Å². The lowest BCUT2D eigenvalue weighted by molar-refractivity contribution is 0.0880. The molecule has 1 aromatic carbocycles. The molecule has 0 amide bonds. The molecule has 1 unspecified atom stereocenters. The summed E-state index contributed by atoms with van der Waals surface area (Å²) in [6.45, 7) is 3.77. The zero-order valence-electron chi connectivity index (χ0n) is 9.74. The molecule has 3 heteroatoms. The first-order chi connectivity index (χ1) is 7.73. The Morgan fingerprint density at radius 3 is 2.44 bits per heavy atom. The highest BCUT2D eigenvalue weighted by molar-refractivity contribution is 5.25. The molecule has 3 nitrogen and oxygen atoms in total. The van der Waals surface area contributed by atoms with E-state index in [4.69, 9.17) is 0 Å². The molecular weight excluding hydrogens is 200 g/mol. The molecule has 2 rings (SSSR count). The van der Waals surface area contributed by atoms with Crippen LogP contribution in [0.5, 0.6) is 0 Å². The van der Waals surface area contributed by atoms with E-state index in [0.717, 1.165) is 25.9 Å². The Bertz CT molecular complexity index is 318. The smallest absolute Gasteiger partial charge is 0.102 e. The highest BCUT2D eigenvalue weighted by Crippen LogP contribution is 2.30. The van der Waals surface area contributed by atoms with Crippen molar-refractivity contribution in [2.24, 2.45) is 0 Å². The first kappa shape index (κ1) is 11.6. The van der Waals surface area contributed by atoms with Gasteiger partial charge in [-0.3, -0.25) is 5.32 Å². The molecule has 1 atom stereocenters. The quantitative estimate of drug-likeness (QED) is 0.671. The molecule has 1 aliphatic heterocycles. The van der Waals surface area contributed by atoms with Crippen LogP contribution in [0.25, 0.3) is 0 Å². The molecule has 0 saturated carbocycles. The Balaban J connectivity index is 2.26. The van der Waals surface area contributed by atoms with Crippen LogP contribution in [0, 0.1) is 0 Å². The van der Waals surface area contributed by atoms with Gasteiger partial charge in [-0.1, -0.05) is 30.3 Å². The zero-order valence-corrected chi connectivity index (χ0v) is 9.74. The zero-order chi connectivity index (χ0) is 11.4. The second-order valence-corrected chi connectivity index (χ2v) is 4.52. The number of aliphatic hydroxyl groups is 1. The summed E-state index contributed by atoms with van der Waals surface area (Å²) in [5.74, 6) is 0. The van der Waals surface area contributed by atoms with Crippen molar-refractivity contribution in [1.82, 2.24) is 10.6 Å². The molecule has 16 heavy (non-hydrogen) atoms. The second kappa shape index (κ2) is 4.95. The Morgan fingerprint density at radius 1 is 1.25 bits per heavy atom. The number of hydrogen-bond acceptors (Lipinski definition) is 3. The number of rotatable bonds is 3. The van der Waals surface area contributed by atoms with Crippen LogP contribution in [-0.2, 0) is 5.54 Å². The van der Waals surface area contributed by atoms with Crippen molar-refractivity contribution in [1.29, 1.82) is 0 Å². The molecule has 1 aliphatic rings. The maximum atomic E-state index is 9.60. The van der Waals surface area contributed by atoms with Crippen LogP contribution >= 0.6 is 0 Å². The highest BCUT2D eigenvalue weighted by atomic mass is 16.3. The molecular formula is C13H20N2O. The number of aliphatic hydroxyl groups excluding tert-OH is 1. The molecule has 1 aromatic rings. The summed E-state index contributed by atoms with van der Waals surface area (Å²) < 4.78 is 0. The van der Waals surface area contributed by atoms with E-state index in [-0.39, 0.29) is 5.54 Å². The fourth-order valence-electron chi connectivity index (χ4n) is 2.53. The topological polar surface area (TPSA) is 44.3 Å². The van der Waals surface area contributed by atoms with Gasteiger partial charge in [0.1, 0.15) is 6.23 Å². The summed E-state index contributed by atoms with van der Waals surface area (Å²) in [5, 5.41) is 16.3. The van der Waals surface area contributed by atoms with E-state index in [9.17, 15) is 5.11 Å². The molecule has 1 fully saturated rings. The fraction of sp³-hybridized carbons (Fsp3) is 0.538. The van der Waals surface area contributed by atoms with Crippen molar-refractivity contribution < 1.29 is 5.11 Å². The third kappa shape index (κ3) is 2.43. The molecule has 0 aliphatic carbocycles. The van der Waals surface area contributed by atoms with Gasteiger partial charge >= 0.3 is 0 Å². The lowest BCUT2D eigenvalue weighted by atomic mass is 9.81. The van der Waals surface area contributed by atoms with E-state index in [1.54, 1.807) is 6.92 Å². The molecule has 0 spiro atoms. The first-order valence-electron chi connectivity index (χ1n) is 5.95. The number of piperidine rings is 1. The van der Waals surface area contributed by atoms with Crippen LogP contribution in [0.15, 0.2) is 30.3 Å². The maximum Gasteiger partial charge on any atom is 0.102 e. The molecule has 0 aromatic heterocycles. The summed E-state index contributed by atoms with van der Waals surface area (Å²) >= 11 is 0. The molecule has 88 valence electrons. The Morgan fingerprint density at radius 2 is 1.88 bits per heavy atom. The normalized spacial score (nSPS) is 21.6. The van der Waals surface area contributed by atoms with Crippen LogP contribution in [0.1, 0.15) is 25.3 Å². The maximum absolute atomic E-state index is 9.60. The van der Waals surface area contributed by atoms with Gasteiger partial charge in [-0.25, -0.2) is 0 Å². The van der Waals surface area contributed by atoms with Crippen LogP contribution in [0.2, 0.25) is 0 Å². The molecule has 1 heterocycles. The lowest BCUT2D eigenvalue weighted by Gasteiger charge is -2.40. The van der Waals surface area contributed by atoms with E-state index in [0.29, 0.717) is 0 Å². The van der Waals surface area contributed by atoms with Gasteiger partial charge in [0, 0.05) is 5.54 Å². The van der Waals surface area contributed by atoms with Crippen molar-refractivity contribution in [3.63, 3.8) is 0 Å². The molecule has 1 saturated heterocycles. The van der Waals surface area contributed by atoms with Gasteiger partial charge in [-0.2, -0.15) is 0 Å². The van der Waals surface area contributed by atoms with Crippen molar-refractivity contribution in [2.45, 2.75) is 31.5 Å². The molecule has 0 bridgehead atoms. The van der Waals surface area contributed by atoms with Crippen molar-refractivity contribution >= 4 is 0 Å². The average molecular weight is 220 g/mol. The minimum absolute atomic E-state index is 0.0688. The first-order valence-corrected chi connectivity index (χ1v) is 5.95. The van der Waals surface area contributed by atoms with Gasteiger partial charge in [0.05, 0.1) is 0 Å². The van der Waals surface area contributed by atoms with E-state index >= 15 is 0 Å². The van der Waals surface area contributed by atoms with Gasteiger partial charge in [0.25, 0.3) is 0 Å². The summed E-state index contributed by atoms with van der Waals surface area (Å²) in [5.41, 5.74) is 1.21. The molecule has 3 N–H and O–H groups in total. The fourth-order valence-corrected chi connectivity index (χ4v) is 2.53. The van der Waals surface area contributed by atoms with Crippen LogP contribution in [-0.4, -0.2) is 24.4 Å². The van der Waals surface area contributed by atoms with Crippen molar-refractivity contribution in [3.05, 3.63) is 35.9 Å². The second-order valence-electron chi connectivity index (χ2n) is 4.52. The summed E-state index contributed by atoms with van der Waals surface area (Å²) in [6.07, 6.45) is 1.56. The predicted molar refractivity (Wildman–Crippen MR) is 65.0 cm³/mol. The Hall–Kier alpha value is -0.900. The van der Waals surface area contributed by atoms with E-state index in [1.807, 2.05) is 6.07 Å². The van der Waals surface area contributed by atoms with E-state index in [1.165, 1.54) is 5.56 Å². The predicted octanol–water partition coefficient (Wildman–Crippen LogP) is 1.19. The van der Waals surface area contributed by atoms with Crippen LogP contribution < -0.4 is 10.6 Å². The number of nitrogens with one attached hydrogen (secondary N) is 2. The average Bonchev–Trinajstić information content (AvgIpc) is 2.30. The van der Waals surface area contributed by atoms with Crippen molar-refractivity contribution in [3.8, 4) is 0 Å². The molecule has 0 radical (unpaired) electrons. The summed E-state index contributed by atoms with van der Waals surface area (Å²) in [6, 6.07) is 10.4. The lowest BCUT2D eigenvalue weighted by Crippen LogP contribution is -2.52. The standard InChI is InChI=1S/C13H20N2O/c1-11(16)15-13(7-9-14-10-8-13)12-5-3-2-4-6-12/h2-6,11,14-16H,7-10H2,1H3. The largest absolute Gasteiger partial charge is 0.379 e. The Kier molecular flexibility index (Phi) is 3.59. The van der Waals surface area contributed by atoms with Gasteiger partial charge < -0.3 is 10.4 Å². The number of hydrogen-bond donors (Lipinski definition) is 3. The third-order valence-corrected chi connectivity index (χ3v) is 3.27. The third-order valence-electron chi connectivity index (χ3n) is 3.27. The highest BCUT2D eigenvalue weighted by Gasteiger charge is 2.34. The SMILES string of the molecule is CC(O)NC1(c2ccccc2)CCNCC1. The monoisotopic (exact) mass is 220 g/mol. The summed E-state index contributed by atoms with van der Waals surface area (Å²) in [7, 11) is 0. The number of benzene rings is 1. The minimum atomic E-state index is -0.474. The van der Waals surface area contributed by atoms with Gasteiger partial charge in [-0.05, 0) is 38.4 Å². The van der Waals surface area contributed by atoms with E-state index in [2.05, 4.69) is 34.9 Å². The van der Waals surface area contributed by atoms with Crippen LogP contribution in [0.4, 0.5) is 0 Å². The van der Waals surface area contributed by atoms with Gasteiger partial charge in [-0.15, -0.1) is 0 Å². The van der Waals surface area contributed by atoms with E-state index < -0.39 is 6.23 Å². The van der Waals surface area contributed by atoms with Crippen LogP contribution in [0.3, 0.4) is 0 Å². The van der Waals surface area contributed by atoms with Gasteiger partial charge in [0.2, 0.25) is 0 Å². The summed E-state index contributed by atoms with van der Waals surface area (Å²) in [4.78, 5) is 0. The van der Waals surface area contributed by atoms with Crippen molar-refractivity contribution in [2.75, 3.05) is 13.1 Å².